The van der Waals surface area contributed by atoms with Gasteiger partial charge in [-0.25, -0.2) is 4.79 Å². The zero-order valence-electron chi connectivity index (χ0n) is 17.4. The standard InChI is InChI=1S/C23H19N5O4S/c24-19-18(20(29)25-22-28(19)26-23(33-22)27-10-12-31-13-11-27)14-15-6-8-17(9-7-15)32-21(30)16-4-2-1-3-5-16/h1-9,14,24H,10-13H2/b18-14-,24-19?. The Morgan fingerprint density at radius 2 is 1.79 bits per heavy atom. The van der Waals surface area contributed by atoms with Crippen molar-refractivity contribution in [3.8, 4) is 5.75 Å². The molecule has 1 fully saturated rings. The Morgan fingerprint density at radius 3 is 2.52 bits per heavy atom. The van der Waals surface area contributed by atoms with Gasteiger partial charge >= 0.3 is 5.97 Å². The van der Waals surface area contributed by atoms with Crippen LogP contribution in [0.4, 0.5) is 0 Å². The summed E-state index contributed by atoms with van der Waals surface area (Å²) in [6.07, 6.45) is 1.58. The number of morpholine rings is 1. The van der Waals surface area contributed by atoms with Crippen LogP contribution in [-0.2, 0) is 9.53 Å². The first kappa shape index (κ1) is 21.1. The van der Waals surface area contributed by atoms with Crippen molar-refractivity contribution < 1.29 is 19.1 Å². The highest BCUT2D eigenvalue weighted by atomic mass is 32.2. The Bertz CT molecular complexity index is 1200. The molecule has 0 bridgehead atoms. The number of nitrogens with one attached hydrogen (secondary N) is 1. The van der Waals surface area contributed by atoms with Crippen LogP contribution < -0.4 is 4.74 Å². The van der Waals surface area contributed by atoms with Gasteiger partial charge in [-0.05, 0) is 47.7 Å². The van der Waals surface area contributed by atoms with Gasteiger partial charge in [0.2, 0.25) is 5.17 Å². The lowest BCUT2D eigenvalue weighted by molar-refractivity contribution is -0.114. The molecule has 0 unspecified atom stereocenters. The number of rotatable bonds is 3. The van der Waals surface area contributed by atoms with Gasteiger partial charge in [-0.2, -0.15) is 10.0 Å². The number of nitrogens with zero attached hydrogens (tertiary/aromatic N) is 4. The van der Waals surface area contributed by atoms with Crippen LogP contribution in [0.2, 0.25) is 0 Å². The summed E-state index contributed by atoms with van der Waals surface area (Å²) in [5.74, 6) is -0.586. The number of esters is 1. The summed E-state index contributed by atoms with van der Waals surface area (Å²) in [5.41, 5.74) is 1.27. The highest BCUT2D eigenvalue weighted by molar-refractivity contribution is 8.26. The number of hydrazone groups is 1. The fourth-order valence-corrected chi connectivity index (χ4v) is 4.35. The monoisotopic (exact) mass is 461 g/mol. The predicted molar refractivity (Wildman–Crippen MR) is 125 cm³/mol. The summed E-state index contributed by atoms with van der Waals surface area (Å²) >= 11 is 1.28. The van der Waals surface area contributed by atoms with Gasteiger partial charge in [-0.3, -0.25) is 10.2 Å². The van der Waals surface area contributed by atoms with E-state index in [0.717, 1.165) is 0 Å². The van der Waals surface area contributed by atoms with Crippen LogP contribution in [0, 0.1) is 5.41 Å². The molecule has 0 aromatic heterocycles. The molecule has 33 heavy (non-hydrogen) atoms. The minimum absolute atomic E-state index is 0.0275. The maximum atomic E-state index is 12.6. The SMILES string of the molecule is N=C1/C(=C/c2ccc(OC(=O)c3ccccc3)cc2)C(=O)N=C2SC(N3CCOCC3)=NN12. The van der Waals surface area contributed by atoms with E-state index in [4.69, 9.17) is 14.9 Å². The number of benzene rings is 2. The van der Waals surface area contributed by atoms with E-state index >= 15 is 0 Å². The number of amidine groups is 3. The lowest BCUT2D eigenvalue weighted by atomic mass is 10.1. The summed E-state index contributed by atoms with van der Waals surface area (Å²) in [5, 5.41) is 15.5. The molecule has 166 valence electrons. The number of aliphatic imine (C=N–C) groups is 1. The molecule has 0 atom stereocenters. The maximum absolute atomic E-state index is 12.6. The van der Waals surface area contributed by atoms with Crippen LogP contribution in [0.1, 0.15) is 15.9 Å². The van der Waals surface area contributed by atoms with Crippen molar-refractivity contribution >= 4 is 45.9 Å². The van der Waals surface area contributed by atoms with Crippen LogP contribution >= 0.6 is 11.8 Å². The minimum Gasteiger partial charge on any atom is -0.423 e. The third-order valence-electron chi connectivity index (χ3n) is 5.14. The minimum atomic E-state index is -0.489. The second kappa shape index (κ2) is 9.00. The number of hydrogen-bond donors (Lipinski definition) is 1. The number of hydrogen-bond acceptors (Lipinski definition) is 8. The van der Waals surface area contributed by atoms with Gasteiger partial charge in [-0.15, -0.1) is 5.10 Å². The number of thioether (sulfide) groups is 1. The summed E-state index contributed by atoms with van der Waals surface area (Å²) in [4.78, 5) is 31.0. The van der Waals surface area contributed by atoms with Crippen LogP contribution in [0.15, 0.2) is 70.3 Å². The Kier molecular flexibility index (Phi) is 5.76. The molecule has 0 aliphatic carbocycles. The summed E-state index contributed by atoms with van der Waals surface area (Å²) < 4.78 is 10.7. The molecule has 0 spiro atoms. The van der Waals surface area contributed by atoms with Gasteiger partial charge in [0, 0.05) is 13.1 Å². The van der Waals surface area contributed by atoms with Crippen molar-refractivity contribution in [3.63, 3.8) is 0 Å². The Labute approximate surface area is 193 Å². The molecule has 3 aliphatic rings. The maximum Gasteiger partial charge on any atom is 0.343 e. The summed E-state index contributed by atoms with van der Waals surface area (Å²) in [6.45, 7) is 2.64. The van der Waals surface area contributed by atoms with Crippen molar-refractivity contribution in [1.82, 2.24) is 9.91 Å². The van der Waals surface area contributed by atoms with E-state index in [-0.39, 0.29) is 11.4 Å². The molecule has 10 heteroatoms. The summed E-state index contributed by atoms with van der Waals surface area (Å²) in [7, 11) is 0. The van der Waals surface area contributed by atoms with Gasteiger partial charge in [0.05, 0.1) is 24.4 Å². The van der Waals surface area contributed by atoms with Crippen molar-refractivity contribution in [1.29, 1.82) is 5.41 Å². The average molecular weight is 462 g/mol. The van der Waals surface area contributed by atoms with Crippen LogP contribution in [0.3, 0.4) is 0 Å². The molecule has 5 rings (SSSR count). The van der Waals surface area contributed by atoms with E-state index in [1.165, 1.54) is 16.8 Å². The number of fused-ring (bicyclic) bond motifs is 1. The van der Waals surface area contributed by atoms with Gasteiger partial charge in [0.1, 0.15) is 5.75 Å². The van der Waals surface area contributed by atoms with Crippen LogP contribution in [0.25, 0.3) is 6.08 Å². The fraction of sp³-hybridized carbons (Fsp3) is 0.174. The molecule has 2 aromatic rings. The number of carbonyl (C=O) groups excluding carboxylic acids is 2. The molecule has 0 saturated carbocycles. The Morgan fingerprint density at radius 1 is 1.06 bits per heavy atom. The Hall–Kier alpha value is -3.76. The van der Waals surface area contributed by atoms with Crippen LogP contribution in [0.5, 0.6) is 5.75 Å². The van der Waals surface area contributed by atoms with E-state index in [9.17, 15) is 9.59 Å². The Balaban J connectivity index is 1.31. The number of amides is 1. The first-order valence-electron chi connectivity index (χ1n) is 10.3. The molecule has 3 heterocycles. The summed E-state index contributed by atoms with van der Waals surface area (Å²) in [6, 6.07) is 15.4. The van der Waals surface area contributed by atoms with Crippen molar-refractivity contribution in [2.45, 2.75) is 0 Å². The first-order chi connectivity index (χ1) is 16.1. The molecule has 0 radical (unpaired) electrons. The largest absolute Gasteiger partial charge is 0.423 e. The quantitative estimate of drug-likeness (QED) is 0.425. The second-order valence-corrected chi connectivity index (χ2v) is 8.26. The van der Waals surface area contributed by atoms with Crippen molar-refractivity contribution in [2.75, 3.05) is 26.3 Å². The third kappa shape index (κ3) is 4.43. The van der Waals surface area contributed by atoms with E-state index in [1.807, 2.05) is 6.07 Å². The molecule has 9 nitrogen and oxygen atoms in total. The highest BCUT2D eigenvalue weighted by Crippen LogP contribution is 2.30. The normalized spacial score (nSPS) is 19.3. The molecular weight excluding hydrogens is 442 g/mol. The highest BCUT2D eigenvalue weighted by Gasteiger charge is 2.37. The first-order valence-corrected chi connectivity index (χ1v) is 11.1. The van der Waals surface area contributed by atoms with E-state index in [0.29, 0.717) is 53.5 Å². The van der Waals surface area contributed by atoms with E-state index in [1.54, 1.807) is 54.6 Å². The molecule has 2 aromatic carbocycles. The number of carbonyl (C=O) groups is 2. The van der Waals surface area contributed by atoms with E-state index in [2.05, 4.69) is 15.0 Å². The molecule has 1 amide bonds. The zero-order valence-corrected chi connectivity index (χ0v) is 18.2. The lowest BCUT2D eigenvalue weighted by Crippen LogP contribution is -2.39. The molecule has 1 saturated heterocycles. The van der Waals surface area contributed by atoms with Gasteiger partial charge in [0.25, 0.3) is 5.91 Å². The predicted octanol–water partition coefficient (Wildman–Crippen LogP) is 2.81. The van der Waals surface area contributed by atoms with Crippen molar-refractivity contribution in [2.24, 2.45) is 10.1 Å². The smallest absolute Gasteiger partial charge is 0.343 e. The fourth-order valence-electron chi connectivity index (χ4n) is 3.40. The molecular formula is C23H19N5O4S. The van der Waals surface area contributed by atoms with Gasteiger partial charge in [0.15, 0.2) is 11.0 Å². The van der Waals surface area contributed by atoms with Gasteiger partial charge in [-0.1, -0.05) is 30.3 Å². The van der Waals surface area contributed by atoms with Crippen LogP contribution in [-0.4, -0.2) is 64.3 Å². The van der Waals surface area contributed by atoms with Gasteiger partial charge < -0.3 is 14.4 Å². The lowest BCUT2D eigenvalue weighted by Gasteiger charge is -2.26. The molecule has 1 N–H and O–H groups in total. The topological polar surface area (TPSA) is 108 Å². The third-order valence-corrected chi connectivity index (χ3v) is 6.11. The second-order valence-electron chi connectivity index (χ2n) is 7.33. The molecule has 3 aliphatic heterocycles. The zero-order chi connectivity index (χ0) is 22.8. The number of ether oxygens (including phenoxy) is 2. The van der Waals surface area contributed by atoms with Crippen molar-refractivity contribution in [3.05, 3.63) is 71.3 Å². The average Bonchev–Trinajstić information content (AvgIpc) is 3.28. The van der Waals surface area contributed by atoms with E-state index < -0.39 is 11.9 Å².